The third-order valence-corrected chi connectivity index (χ3v) is 4.86. The van der Waals surface area contributed by atoms with Gasteiger partial charge >= 0.3 is 0 Å². The summed E-state index contributed by atoms with van der Waals surface area (Å²) >= 11 is 6.16. The number of piperazine rings is 1. The SMILES string of the molecule is O=C(c1cc(-c2ccccc2Cl)on1)N1CCN(C2CC2)CC1. The van der Waals surface area contributed by atoms with Crippen molar-refractivity contribution < 1.29 is 9.32 Å². The number of hydrogen-bond donors (Lipinski definition) is 0. The van der Waals surface area contributed by atoms with Crippen molar-refractivity contribution in [2.24, 2.45) is 0 Å². The molecule has 0 spiro atoms. The molecule has 0 bridgehead atoms. The normalized spacial score (nSPS) is 19.1. The van der Waals surface area contributed by atoms with Gasteiger partial charge in [0.15, 0.2) is 11.5 Å². The lowest BCUT2D eigenvalue weighted by Gasteiger charge is -2.34. The number of aromatic nitrogens is 1. The van der Waals surface area contributed by atoms with Gasteiger partial charge in [-0.1, -0.05) is 28.9 Å². The van der Waals surface area contributed by atoms with Gasteiger partial charge in [0.05, 0.1) is 5.02 Å². The largest absolute Gasteiger partial charge is 0.355 e. The van der Waals surface area contributed by atoms with E-state index in [-0.39, 0.29) is 5.91 Å². The molecule has 1 aromatic heterocycles. The lowest BCUT2D eigenvalue weighted by Crippen LogP contribution is -2.49. The highest BCUT2D eigenvalue weighted by Gasteiger charge is 2.33. The van der Waals surface area contributed by atoms with Gasteiger partial charge in [0.25, 0.3) is 5.91 Å². The van der Waals surface area contributed by atoms with Crippen molar-refractivity contribution in [3.05, 3.63) is 41.0 Å². The minimum Gasteiger partial charge on any atom is -0.355 e. The van der Waals surface area contributed by atoms with E-state index in [9.17, 15) is 4.79 Å². The number of amides is 1. The van der Waals surface area contributed by atoms with Crippen molar-refractivity contribution in [2.75, 3.05) is 26.2 Å². The molecule has 2 heterocycles. The molecule has 2 aromatic rings. The van der Waals surface area contributed by atoms with Crippen molar-refractivity contribution >= 4 is 17.5 Å². The summed E-state index contributed by atoms with van der Waals surface area (Å²) in [6.07, 6.45) is 2.61. The van der Waals surface area contributed by atoms with E-state index >= 15 is 0 Å². The van der Waals surface area contributed by atoms with Gasteiger partial charge in [-0.2, -0.15) is 0 Å². The second kappa shape index (κ2) is 5.98. The molecule has 1 aliphatic carbocycles. The molecule has 1 saturated carbocycles. The topological polar surface area (TPSA) is 49.6 Å². The van der Waals surface area contributed by atoms with E-state index < -0.39 is 0 Å². The molecule has 2 fully saturated rings. The number of halogens is 1. The van der Waals surface area contributed by atoms with Gasteiger partial charge < -0.3 is 9.42 Å². The third kappa shape index (κ3) is 2.99. The maximum atomic E-state index is 12.6. The first-order valence-electron chi connectivity index (χ1n) is 7.97. The van der Waals surface area contributed by atoms with Crippen LogP contribution in [0.25, 0.3) is 11.3 Å². The van der Waals surface area contributed by atoms with Gasteiger partial charge in [0.2, 0.25) is 0 Å². The maximum Gasteiger partial charge on any atom is 0.276 e. The van der Waals surface area contributed by atoms with E-state index in [1.807, 2.05) is 23.1 Å². The number of benzene rings is 1. The molecule has 1 aliphatic heterocycles. The smallest absolute Gasteiger partial charge is 0.276 e. The number of hydrogen-bond acceptors (Lipinski definition) is 4. The first-order chi connectivity index (χ1) is 11.2. The molecular weight excluding hydrogens is 314 g/mol. The molecule has 0 atom stereocenters. The molecule has 0 unspecified atom stereocenters. The second-order valence-electron chi connectivity index (χ2n) is 6.12. The fraction of sp³-hybridized carbons (Fsp3) is 0.412. The summed E-state index contributed by atoms with van der Waals surface area (Å²) in [6, 6.07) is 9.81. The zero-order valence-electron chi connectivity index (χ0n) is 12.7. The van der Waals surface area contributed by atoms with Crippen LogP contribution in [-0.4, -0.2) is 53.1 Å². The number of rotatable bonds is 3. The van der Waals surface area contributed by atoms with E-state index in [4.69, 9.17) is 16.1 Å². The molecule has 6 heteroatoms. The number of nitrogens with zero attached hydrogens (tertiary/aromatic N) is 3. The molecule has 0 N–H and O–H groups in total. The molecule has 23 heavy (non-hydrogen) atoms. The summed E-state index contributed by atoms with van der Waals surface area (Å²) < 4.78 is 5.32. The Balaban J connectivity index is 1.46. The quantitative estimate of drug-likeness (QED) is 0.867. The Morgan fingerprint density at radius 1 is 1.17 bits per heavy atom. The zero-order chi connectivity index (χ0) is 15.8. The van der Waals surface area contributed by atoms with Crippen molar-refractivity contribution in [2.45, 2.75) is 18.9 Å². The van der Waals surface area contributed by atoms with Crippen LogP contribution < -0.4 is 0 Å². The van der Waals surface area contributed by atoms with Crippen LogP contribution >= 0.6 is 11.6 Å². The van der Waals surface area contributed by atoms with Crippen LogP contribution in [-0.2, 0) is 0 Å². The minimum absolute atomic E-state index is 0.0671. The predicted molar refractivity (Wildman–Crippen MR) is 87.4 cm³/mol. The molecular formula is C17H18ClN3O2. The Labute approximate surface area is 139 Å². The highest BCUT2D eigenvalue weighted by molar-refractivity contribution is 6.33. The van der Waals surface area contributed by atoms with Crippen molar-refractivity contribution in [3.8, 4) is 11.3 Å². The predicted octanol–water partition coefficient (Wildman–Crippen LogP) is 2.92. The van der Waals surface area contributed by atoms with Crippen LogP contribution in [0.1, 0.15) is 23.3 Å². The van der Waals surface area contributed by atoms with Crippen LogP contribution in [0.2, 0.25) is 5.02 Å². The van der Waals surface area contributed by atoms with Crippen molar-refractivity contribution in [1.82, 2.24) is 15.0 Å². The summed E-state index contributed by atoms with van der Waals surface area (Å²) in [5.41, 5.74) is 1.10. The highest BCUT2D eigenvalue weighted by atomic mass is 35.5. The summed E-state index contributed by atoms with van der Waals surface area (Å²) in [5.74, 6) is 0.457. The van der Waals surface area contributed by atoms with E-state index in [0.29, 0.717) is 16.5 Å². The fourth-order valence-corrected chi connectivity index (χ4v) is 3.28. The standard InChI is InChI=1S/C17H18ClN3O2/c18-14-4-2-1-3-13(14)16-11-15(19-23-16)17(22)21-9-7-20(8-10-21)12-5-6-12/h1-4,11-12H,5-10H2. The van der Waals surface area contributed by atoms with Gasteiger partial charge in [-0.05, 0) is 25.0 Å². The molecule has 1 aromatic carbocycles. The summed E-state index contributed by atoms with van der Waals surface area (Å²) in [5, 5.41) is 4.52. The molecule has 1 amide bonds. The third-order valence-electron chi connectivity index (χ3n) is 4.53. The minimum atomic E-state index is -0.0671. The Kier molecular flexibility index (Phi) is 3.83. The number of carbonyl (C=O) groups excluding carboxylic acids is 1. The molecule has 0 radical (unpaired) electrons. The van der Waals surface area contributed by atoms with Crippen LogP contribution in [0.5, 0.6) is 0 Å². The van der Waals surface area contributed by atoms with Gasteiger partial charge in [-0.25, -0.2) is 0 Å². The Morgan fingerprint density at radius 2 is 1.91 bits per heavy atom. The summed E-state index contributed by atoms with van der Waals surface area (Å²) in [7, 11) is 0. The Hall–Kier alpha value is -1.85. The molecule has 1 saturated heterocycles. The van der Waals surface area contributed by atoms with E-state index in [1.165, 1.54) is 12.8 Å². The van der Waals surface area contributed by atoms with Crippen LogP contribution in [0.15, 0.2) is 34.9 Å². The monoisotopic (exact) mass is 331 g/mol. The summed E-state index contributed by atoms with van der Waals surface area (Å²) in [4.78, 5) is 16.9. The van der Waals surface area contributed by atoms with Gasteiger partial charge in [-0.3, -0.25) is 9.69 Å². The van der Waals surface area contributed by atoms with Gasteiger partial charge in [0, 0.05) is 43.9 Å². The van der Waals surface area contributed by atoms with Crippen LogP contribution in [0.4, 0.5) is 0 Å². The molecule has 120 valence electrons. The van der Waals surface area contributed by atoms with Crippen LogP contribution in [0, 0.1) is 0 Å². The zero-order valence-corrected chi connectivity index (χ0v) is 13.5. The maximum absolute atomic E-state index is 12.6. The van der Waals surface area contributed by atoms with Crippen molar-refractivity contribution in [1.29, 1.82) is 0 Å². The average molecular weight is 332 g/mol. The van der Waals surface area contributed by atoms with E-state index in [0.717, 1.165) is 37.8 Å². The van der Waals surface area contributed by atoms with Crippen molar-refractivity contribution in [3.63, 3.8) is 0 Å². The van der Waals surface area contributed by atoms with Gasteiger partial charge in [0.1, 0.15) is 0 Å². The molecule has 5 nitrogen and oxygen atoms in total. The highest BCUT2D eigenvalue weighted by Crippen LogP contribution is 2.29. The van der Waals surface area contributed by atoms with E-state index in [2.05, 4.69) is 10.1 Å². The molecule has 2 aliphatic rings. The molecule has 4 rings (SSSR count). The Morgan fingerprint density at radius 3 is 2.61 bits per heavy atom. The summed E-state index contributed by atoms with van der Waals surface area (Å²) in [6.45, 7) is 3.41. The lowest BCUT2D eigenvalue weighted by molar-refractivity contribution is 0.0617. The van der Waals surface area contributed by atoms with Crippen LogP contribution in [0.3, 0.4) is 0 Å². The first kappa shape index (κ1) is 14.7. The Bertz CT molecular complexity index is 718. The fourth-order valence-electron chi connectivity index (χ4n) is 3.06. The van der Waals surface area contributed by atoms with E-state index in [1.54, 1.807) is 12.1 Å². The number of carbonyl (C=O) groups is 1. The second-order valence-corrected chi connectivity index (χ2v) is 6.52. The first-order valence-corrected chi connectivity index (χ1v) is 8.35. The average Bonchev–Trinajstić information content (AvgIpc) is 3.32. The van der Waals surface area contributed by atoms with Gasteiger partial charge in [-0.15, -0.1) is 0 Å². The lowest BCUT2D eigenvalue weighted by atomic mass is 10.1.